The normalized spacial score (nSPS) is 21.6. The van der Waals surface area contributed by atoms with E-state index >= 15 is 0 Å². The SMILES string of the molecule is CC1(C)COC(=O)N[C@H]1c1cccc(Br)c1F.Cl. The number of ether oxygens (including phenoxy) is 1. The summed E-state index contributed by atoms with van der Waals surface area (Å²) in [5.41, 5.74) is 0.122. The zero-order valence-corrected chi connectivity index (χ0v) is 12.4. The van der Waals surface area contributed by atoms with Crippen molar-refractivity contribution in [2.45, 2.75) is 19.9 Å². The zero-order chi connectivity index (χ0) is 12.6. The van der Waals surface area contributed by atoms with Crippen LogP contribution in [0.4, 0.5) is 9.18 Å². The van der Waals surface area contributed by atoms with E-state index in [1.165, 1.54) is 0 Å². The monoisotopic (exact) mass is 337 g/mol. The van der Waals surface area contributed by atoms with Crippen molar-refractivity contribution in [3.63, 3.8) is 0 Å². The molecular formula is C12H14BrClFNO2. The number of halogens is 3. The molecular weight excluding hydrogens is 324 g/mol. The van der Waals surface area contributed by atoms with E-state index < -0.39 is 6.09 Å². The molecule has 0 spiro atoms. The lowest BCUT2D eigenvalue weighted by Gasteiger charge is -2.38. The van der Waals surface area contributed by atoms with Crippen molar-refractivity contribution in [2.75, 3.05) is 6.61 Å². The summed E-state index contributed by atoms with van der Waals surface area (Å²) in [6.07, 6.45) is -0.506. The van der Waals surface area contributed by atoms with Crippen LogP contribution in [0.25, 0.3) is 0 Å². The number of amides is 1. The Kier molecular flexibility index (Phi) is 4.61. The van der Waals surface area contributed by atoms with Gasteiger partial charge in [0.25, 0.3) is 0 Å². The van der Waals surface area contributed by atoms with E-state index in [0.717, 1.165) is 0 Å². The minimum absolute atomic E-state index is 0. The molecule has 0 aromatic heterocycles. The van der Waals surface area contributed by atoms with Gasteiger partial charge in [-0.2, -0.15) is 0 Å². The average Bonchev–Trinajstić information content (AvgIpc) is 2.26. The first kappa shape index (κ1) is 15.2. The third kappa shape index (κ3) is 2.78. The van der Waals surface area contributed by atoms with Crippen molar-refractivity contribution >= 4 is 34.4 Å². The molecule has 1 fully saturated rings. The molecule has 1 aliphatic rings. The Morgan fingerprint density at radius 3 is 2.83 bits per heavy atom. The van der Waals surface area contributed by atoms with Crippen LogP contribution in [-0.4, -0.2) is 12.7 Å². The van der Waals surface area contributed by atoms with Crippen molar-refractivity contribution in [3.05, 3.63) is 34.1 Å². The number of alkyl carbamates (subject to hydrolysis) is 1. The molecule has 1 N–H and O–H groups in total. The number of nitrogens with one attached hydrogen (secondary N) is 1. The highest BCUT2D eigenvalue weighted by Crippen LogP contribution is 2.38. The molecule has 0 radical (unpaired) electrons. The summed E-state index contributed by atoms with van der Waals surface area (Å²) in [4.78, 5) is 11.3. The van der Waals surface area contributed by atoms with Gasteiger partial charge in [-0.25, -0.2) is 9.18 Å². The van der Waals surface area contributed by atoms with Crippen LogP contribution >= 0.6 is 28.3 Å². The van der Waals surface area contributed by atoms with Crippen LogP contribution in [0.15, 0.2) is 22.7 Å². The summed E-state index contributed by atoms with van der Waals surface area (Å²) in [6.45, 7) is 4.13. The third-order valence-corrected chi connectivity index (χ3v) is 3.52. The van der Waals surface area contributed by atoms with Gasteiger partial charge in [0.1, 0.15) is 12.4 Å². The summed E-state index contributed by atoms with van der Waals surface area (Å²) in [7, 11) is 0. The fourth-order valence-electron chi connectivity index (χ4n) is 1.93. The smallest absolute Gasteiger partial charge is 0.407 e. The Morgan fingerprint density at radius 2 is 2.17 bits per heavy atom. The van der Waals surface area contributed by atoms with E-state index in [9.17, 15) is 9.18 Å². The number of rotatable bonds is 1. The first-order valence-electron chi connectivity index (χ1n) is 5.29. The lowest BCUT2D eigenvalue weighted by molar-refractivity contribution is 0.0377. The minimum Gasteiger partial charge on any atom is -0.449 e. The van der Waals surface area contributed by atoms with Gasteiger partial charge in [0.05, 0.1) is 10.5 Å². The molecule has 3 nitrogen and oxygen atoms in total. The molecule has 1 aliphatic heterocycles. The van der Waals surface area contributed by atoms with E-state index in [-0.39, 0.29) is 36.3 Å². The summed E-state index contributed by atoms with van der Waals surface area (Å²) < 4.78 is 19.3. The van der Waals surface area contributed by atoms with E-state index in [1.54, 1.807) is 18.2 Å². The first-order chi connectivity index (χ1) is 7.92. The van der Waals surface area contributed by atoms with Gasteiger partial charge >= 0.3 is 6.09 Å². The number of hydrogen-bond donors (Lipinski definition) is 1. The van der Waals surface area contributed by atoms with Gasteiger partial charge in [-0.3, -0.25) is 0 Å². The summed E-state index contributed by atoms with van der Waals surface area (Å²) >= 11 is 3.15. The van der Waals surface area contributed by atoms with E-state index in [2.05, 4.69) is 21.2 Å². The standard InChI is InChI=1S/C12H13BrFNO2.ClH/c1-12(2)6-17-11(16)15-10(12)7-4-3-5-8(13)9(7)14;/h3-5,10H,6H2,1-2H3,(H,15,16);1H/t10-;/m0./s1. The maximum Gasteiger partial charge on any atom is 0.407 e. The average molecular weight is 339 g/mol. The van der Waals surface area contributed by atoms with Gasteiger partial charge in [-0.15, -0.1) is 12.4 Å². The molecule has 1 atom stereocenters. The summed E-state index contributed by atoms with van der Waals surface area (Å²) in [5, 5.41) is 2.67. The number of carbonyl (C=O) groups excluding carboxylic acids is 1. The molecule has 2 rings (SSSR count). The maximum atomic E-state index is 14.0. The molecule has 0 aliphatic carbocycles. The number of benzene rings is 1. The van der Waals surface area contributed by atoms with Crippen molar-refractivity contribution < 1.29 is 13.9 Å². The molecule has 6 heteroatoms. The lowest BCUT2D eigenvalue weighted by atomic mass is 9.80. The minimum atomic E-state index is -0.506. The van der Waals surface area contributed by atoms with Gasteiger partial charge in [-0.05, 0) is 22.0 Å². The highest BCUT2D eigenvalue weighted by atomic mass is 79.9. The Bertz CT molecular complexity index is 467. The molecule has 0 bridgehead atoms. The van der Waals surface area contributed by atoms with E-state index in [0.29, 0.717) is 10.0 Å². The molecule has 18 heavy (non-hydrogen) atoms. The van der Waals surface area contributed by atoms with Gasteiger partial charge in [-0.1, -0.05) is 26.0 Å². The Morgan fingerprint density at radius 1 is 1.50 bits per heavy atom. The molecule has 1 aromatic rings. The second-order valence-electron chi connectivity index (χ2n) is 4.79. The van der Waals surface area contributed by atoms with Gasteiger partial charge in [0.2, 0.25) is 0 Å². The van der Waals surface area contributed by atoms with Crippen molar-refractivity contribution in [2.24, 2.45) is 5.41 Å². The topological polar surface area (TPSA) is 38.3 Å². The Labute approximate surface area is 120 Å². The molecule has 1 heterocycles. The van der Waals surface area contributed by atoms with Crippen LogP contribution < -0.4 is 5.32 Å². The van der Waals surface area contributed by atoms with Gasteiger partial charge < -0.3 is 10.1 Å². The first-order valence-corrected chi connectivity index (χ1v) is 6.08. The predicted molar refractivity (Wildman–Crippen MR) is 72.4 cm³/mol. The van der Waals surface area contributed by atoms with Gasteiger partial charge in [0, 0.05) is 11.0 Å². The fraction of sp³-hybridized carbons (Fsp3) is 0.417. The summed E-state index contributed by atoms with van der Waals surface area (Å²) in [5.74, 6) is -0.340. The van der Waals surface area contributed by atoms with Crippen LogP contribution in [0.1, 0.15) is 25.5 Å². The lowest BCUT2D eigenvalue weighted by Crippen LogP contribution is -2.47. The summed E-state index contributed by atoms with van der Waals surface area (Å²) in [6, 6.07) is 4.67. The molecule has 0 unspecified atom stereocenters. The Balaban J connectivity index is 0.00000162. The Hall–Kier alpha value is -0.810. The largest absolute Gasteiger partial charge is 0.449 e. The van der Waals surface area contributed by atoms with E-state index in [4.69, 9.17) is 4.74 Å². The molecule has 1 aromatic carbocycles. The number of cyclic esters (lactones) is 1. The van der Waals surface area contributed by atoms with Crippen LogP contribution in [0, 0.1) is 11.2 Å². The second-order valence-corrected chi connectivity index (χ2v) is 5.64. The predicted octanol–water partition coefficient (Wildman–Crippen LogP) is 3.82. The quantitative estimate of drug-likeness (QED) is 0.845. The fourth-order valence-corrected chi connectivity index (χ4v) is 2.31. The third-order valence-electron chi connectivity index (χ3n) is 2.91. The molecule has 1 amide bonds. The van der Waals surface area contributed by atoms with Crippen molar-refractivity contribution in [1.29, 1.82) is 0 Å². The van der Waals surface area contributed by atoms with Crippen molar-refractivity contribution in [3.8, 4) is 0 Å². The molecule has 1 saturated heterocycles. The zero-order valence-electron chi connectivity index (χ0n) is 10.00. The van der Waals surface area contributed by atoms with Crippen molar-refractivity contribution in [1.82, 2.24) is 5.32 Å². The highest BCUT2D eigenvalue weighted by Gasteiger charge is 2.39. The van der Waals surface area contributed by atoms with E-state index in [1.807, 2.05) is 13.8 Å². The van der Waals surface area contributed by atoms with Crippen LogP contribution in [0.5, 0.6) is 0 Å². The second kappa shape index (κ2) is 5.45. The van der Waals surface area contributed by atoms with Crippen LogP contribution in [-0.2, 0) is 4.74 Å². The molecule has 100 valence electrons. The van der Waals surface area contributed by atoms with Crippen LogP contribution in [0.3, 0.4) is 0 Å². The molecule has 0 saturated carbocycles. The highest BCUT2D eigenvalue weighted by molar-refractivity contribution is 9.10. The maximum absolute atomic E-state index is 14.0. The van der Waals surface area contributed by atoms with Crippen LogP contribution in [0.2, 0.25) is 0 Å². The number of carbonyl (C=O) groups is 1. The van der Waals surface area contributed by atoms with Gasteiger partial charge in [0.15, 0.2) is 0 Å². The number of hydrogen-bond acceptors (Lipinski definition) is 2.